The second kappa shape index (κ2) is 4.67. The van der Waals surface area contributed by atoms with Crippen LogP contribution in [0.2, 0.25) is 0 Å². The Morgan fingerprint density at radius 1 is 1.50 bits per heavy atom. The molecule has 2 aromatic heterocycles. The molecule has 0 saturated heterocycles. The number of aryl methyl sites for hydroxylation is 2. The molecule has 2 rings (SSSR count). The Morgan fingerprint density at radius 3 is 2.72 bits per heavy atom. The van der Waals surface area contributed by atoms with Crippen LogP contribution >= 0.6 is 11.3 Å². The summed E-state index contributed by atoms with van der Waals surface area (Å²) in [7, 11) is -3.59. The number of thiazole rings is 1. The standard InChI is InChI=1S/C9H13N5O2S2/c1-5-8(6(2)14-13-5)18(15,16)11-3-7-4-17-9(10)12-7/h4,11H,3H2,1-2H3,(H2,10,12)(H,13,14). The Bertz CT molecular complexity index is 639. The number of aromatic amines is 1. The number of rotatable bonds is 4. The van der Waals surface area contributed by atoms with E-state index in [-0.39, 0.29) is 11.4 Å². The first kappa shape index (κ1) is 13.0. The number of nitrogens with zero attached hydrogens (tertiary/aromatic N) is 2. The van der Waals surface area contributed by atoms with E-state index in [1.807, 2.05) is 0 Å². The third-order valence-electron chi connectivity index (χ3n) is 2.34. The number of anilines is 1. The van der Waals surface area contributed by atoms with Gasteiger partial charge in [-0.2, -0.15) is 5.10 Å². The maximum absolute atomic E-state index is 12.1. The van der Waals surface area contributed by atoms with Gasteiger partial charge in [-0.05, 0) is 13.8 Å². The van der Waals surface area contributed by atoms with E-state index >= 15 is 0 Å². The largest absolute Gasteiger partial charge is 0.375 e. The molecule has 0 spiro atoms. The van der Waals surface area contributed by atoms with Gasteiger partial charge in [0.1, 0.15) is 4.90 Å². The zero-order valence-corrected chi connectivity index (χ0v) is 11.5. The molecule has 9 heteroatoms. The van der Waals surface area contributed by atoms with Gasteiger partial charge in [0.15, 0.2) is 5.13 Å². The number of nitrogens with one attached hydrogen (secondary N) is 2. The van der Waals surface area contributed by atoms with Crippen molar-refractivity contribution in [2.24, 2.45) is 0 Å². The lowest BCUT2D eigenvalue weighted by Crippen LogP contribution is -2.24. The van der Waals surface area contributed by atoms with Gasteiger partial charge in [0, 0.05) is 5.38 Å². The van der Waals surface area contributed by atoms with E-state index in [0.29, 0.717) is 22.2 Å². The fourth-order valence-corrected chi connectivity index (χ4v) is 3.51. The smallest absolute Gasteiger partial charge is 0.244 e. The average Bonchev–Trinajstić information content (AvgIpc) is 2.83. The Hall–Kier alpha value is -1.45. The van der Waals surface area contributed by atoms with Gasteiger partial charge in [-0.1, -0.05) is 0 Å². The Morgan fingerprint density at radius 2 is 2.22 bits per heavy atom. The minimum Gasteiger partial charge on any atom is -0.375 e. The highest BCUT2D eigenvalue weighted by Crippen LogP contribution is 2.17. The topological polar surface area (TPSA) is 114 Å². The second-order valence-electron chi connectivity index (χ2n) is 3.76. The summed E-state index contributed by atoms with van der Waals surface area (Å²) in [5.74, 6) is 0. The van der Waals surface area contributed by atoms with Crippen LogP contribution in [-0.4, -0.2) is 23.6 Å². The summed E-state index contributed by atoms with van der Waals surface area (Å²) >= 11 is 1.27. The number of hydrogen-bond donors (Lipinski definition) is 3. The summed E-state index contributed by atoms with van der Waals surface area (Å²) in [5, 5.41) is 8.64. The monoisotopic (exact) mass is 287 g/mol. The molecule has 0 aliphatic heterocycles. The van der Waals surface area contributed by atoms with Crippen molar-refractivity contribution in [1.29, 1.82) is 0 Å². The molecule has 0 fully saturated rings. The minimum atomic E-state index is -3.59. The first-order chi connectivity index (χ1) is 8.40. The fraction of sp³-hybridized carbons (Fsp3) is 0.333. The zero-order valence-electron chi connectivity index (χ0n) is 9.89. The van der Waals surface area contributed by atoms with E-state index in [4.69, 9.17) is 5.73 Å². The summed E-state index contributed by atoms with van der Waals surface area (Å²) in [6.07, 6.45) is 0. The summed E-state index contributed by atoms with van der Waals surface area (Å²) < 4.78 is 26.7. The maximum Gasteiger partial charge on any atom is 0.244 e. The van der Waals surface area contributed by atoms with Crippen molar-refractivity contribution in [1.82, 2.24) is 19.9 Å². The van der Waals surface area contributed by atoms with Crippen molar-refractivity contribution in [2.75, 3.05) is 5.73 Å². The number of nitrogen functional groups attached to an aromatic ring is 1. The first-order valence-electron chi connectivity index (χ1n) is 5.11. The highest BCUT2D eigenvalue weighted by Gasteiger charge is 2.22. The normalized spacial score (nSPS) is 11.9. The fourth-order valence-electron chi connectivity index (χ4n) is 1.58. The molecule has 0 bridgehead atoms. The van der Waals surface area contributed by atoms with Crippen molar-refractivity contribution in [3.63, 3.8) is 0 Å². The van der Waals surface area contributed by atoms with Crippen molar-refractivity contribution < 1.29 is 8.42 Å². The predicted molar refractivity (Wildman–Crippen MR) is 68.6 cm³/mol. The van der Waals surface area contributed by atoms with Crippen LogP contribution < -0.4 is 10.5 Å². The molecule has 0 aliphatic carbocycles. The van der Waals surface area contributed by atoms with E-state index in [9.17, 15) is 8.42 Å². The van der Waals surface area contributed by atoms with Crippen molar-refractivity contribution >= 4 is 26.5 Å². The minimum absolute atomic E-state index is 0.111. The molecule has 0 aromatic carbocycles. The molecule has 2 heterocycles. The lowest BCUT2D eigenvalue weighted by molar-refractivity contribution is 0.579. The number of aromatic nitrogens is 3. The van der Waals surface area contributed by atoms with Crippen molar-refractivity contribution in [2.45, 2.75) is 25.3 Å². The van der Waals surface area contributed by atoms with Crippen LogP contribution in [0.5, 0.6) is 0 Å². The lowest BCUT2D eigenvalue weighted by Gasteiger charge is -2.05. The van der Waals surface area contributed by atoms with Gasteiger partial charge in [-0.25, -0.2) is 18.1 Å². The van der Waals surface area contributed by atoms with Gasteiger partial charge < -0.3 is 5.73 Å². The zero-order chi connectivity index (χ0) is 13.3. The van der Waals surface area contributed by atoms with Gasteiger partial charge in [-0.15, -0.1) is 11.3 Å². The quantitative estimate of drug-likeness (QED) is 0.759. The van der Waals surface area contributed by atoms with Gasteiger partial charge in [0.25, 0.3) is 0 Å². The molecule has 0 saturated carbocycles. The number of hydrogen-bond acceptors (Lipinski definition) is 6. The third-order valence-corrected chi connectivity index (χ3v) is 4.73. The van der Waals surface area contributed by atoms with Crippen LogP contribution in [0.25, 0.3) is 0 Å². The molecule has 0 aliphatic rings. The van der Waals surface area contributed by atoms with E-state index in [2.05, 4.69) is 19.9 Å². The molecule has 0 radical (unpaired) electrons. The Kier molecular flexibility index (Phi) is 3.37. The first-order valence-corrected chi connectivity index (χ1v) is 7.47. The second-order valence-corrected chi connectivity index (χ2v) is 6.36. The molecule has 18 heavy (non-hydrogen) atoms. The predicted octanol–water partition coefficient (Wildman–Crippen LogP) is 0.544. The summed E-state index contributed by atoms with van der Waals surface area (Å²) in [4.78, 5) is 4.17. The highest BCUT2D eigenvalue weighted by atomic mass is 32.2. The van der Waals surface area contributed by atoms with Crippen molar-refractivity contribution in [3.8, 4) is 0 Å². The molecule has 0 amide bonds. The van der Waals surface area contributed by atoms with Crippen LogP contribution in [0.3, 0.4) is 0 Å². The Balaban J connectivity index is 2.18. The van der Waals surface area contributed by atoms with E-state index in [1.165, 1.54) is 11.3 Å². The van der Waals surface area contributed by atoms with E-state index in [0.717, 1.165) is 0 Å². The van der Waals surface area contributed by atoms with E-state index < -0.39 is 10.0 Å². The lowest BCUT2D eigenvalue weighted by atomic mass is 10.4. The van der Waals surface area contributed by atoms with Gasteiger partial charge in [-0.3, -0.25) is 5.10 Å². The highest BCUT2D eigenvalue weighted by molar-refractivity contribution is 7.89. The molecule has 4 N–H and O–H groups in total. The molecule has 98 valence electrons. The molecule has 0 unspecified atom stereocenters. The third kappa shape index (κ3) is 2.52. The molecule has 2 aromatic rings. The summed E-state index contributed by atoms with van der Waals surface area (Å²) in [6.45, 7) is 3.41. The van der Waals surface area contributed by atoms with Crippen LogP contribution in [0.1, 0.15) is 17.1 Å². The SMILES string of the molecule is Cc1n[nH]c(C)c1S(=O)(=O)NCc1csc(N)n1. The summed E-state index contributed by atoms with van der Waals surface area (Å²) in [5.41, 5.74) is 7.03. The maximum atomic E-state index is 12.1. The van der Waals surface area contributed by atoms with Crippen LogP contribution in [0, 0.1) is 13.8 Å². The molecule has 0 atom stereocenters. The number of H-pyrrole nitrogens is 1. The van der Waals surface area contributed by atoms with Gasteiger partial charge in [0.05, 0.1) is 23.6 Å². The average molecular weight is 287 g/mol. The molecular weight excluding hydrogens is 274 g/mol. The number of nitrogens with two attached hydrogens (primary N) is 1. The van der Waals surface area contributed by atoms with E-state index in [1.54, 1.807) is 19.2 Å². The van der Waals surface area contributed by atoms with Crippen LogP contribution in [0.15, 0.2) is 10.3 Å². The van der Waals surface area contributed by atoms with Crippen molar-refractivity contribution in [3.05, 3.63) is 22.5 Å². The molecule has 7 nitrogen and oxygen atoms in total. The number of sulfonamides is 1. The summed E-state index contributed by atoms with van der Waals surface area (Å²) in [6, 6.07) is 0. The molecular formula is C9H13N5O2S2. The van der Waals surface area contributed by atoms with Gasteiger partial charge >= 0.3 is 0 Å². The Labute approximate surface area is 108 Å². The van der Waals surface area contributed by atoms with Crippen LogP contribution in [0.4, 0.5) is 5.13 Å². The van der Waals surface area contributed by atoms with Crippen LogP contribution in [-0.2, 0) is 16.6 Å². The van der Waals surface area contributed by atoms with Gasteiger partial charge in [0.2, 0.25) is 10.0 Å².